The van der Waals surface area contributed by atoms with E-state index in [2.05, 4.69) is 30.9 Å². The number of benzene rings is 1. The van der Waals surface area contributed by atoms with Crippen molar-refractivity contribution in [2.75, 3.05) is 38.5 Å². The van der Waals surface area contributed by atoms with Crippen LogP contribution in [-0.2, 0) is 4.79 Å². The van der Waals surface area contributed by atoms with Gasteiger partial charge >= 0.3 is 0 Å². The highest BCUT2D eigenvalue weighted by molar-refractivity contribution is 8.00. The summed E-state index contributed by atoms with van der Waals surface area (Å²) in [6.45, 7) is 11.0. The van der Waals surface area contributed by atoms with Gasteiger partial charge in [0.05, 0.1) is 12.4 Å². The molecular weight excluding hydrogens is 308 g/mol. The van der Waals surface area contributed by atoms with E-state index < -0.39 is 0 Å². The molecule has 0 aliphatic carbocycles. The molecule has 23 heavy (non-hydrogen) atoms. The lowest BCUT2D eigenvalue weighted by Crippen LogP contribution is -2.32. The van der Waals surface area contributed by atoms with Gasteiger partial charge in [0, 0.05) is 6.54 Å². The third kappa shape index (κ3) is 4.88. The predicted octanol–water partition coefficient (Wildman–Crippen LogP) is 3.39. The number of amides is 1. The minimum Gasteiger partial charge on any atom is -0.494 e. The van der Waals surface area contributed by atoms with Gasteiger partial charge < -0.3 is 14.5 Å². The fourth-order valence-corrected chi connectivity index (χ4v) is 4.11. The van der Waals surface area contributed by atoms with E-state index in [1.54, 1.807) is 11.8 Å². The number of thioether (sulfide) groups is 1. The second kappa shape index (κ2) is 9.18. The molecular formula is C18H28N2O2S. The van der Waals surface area contributed by atoms with Crippen LogP contribution in [0.2, 0.25) is 0 Å². The van der Waals surface area contributed by atoms with Crippen molar-refractivity contribution in [1.29, 1.82) is 0 Å². The predicted molar refractivity (Wildman–Crippen MR) is 96.9 cm³/mol. The second-order valence-corrected chi connectivity index (χ2v) is 6.70. The van der Waals surface area contributed by atoms with E-state index in [4.69, 9.17) is 4.74 Å². The number of hydrogen-bond acceptors (Lipinski definition) is 4. The number of nitrogens with zero attached hydrogens (tertiary/aromatic N) is 2. The zero-order valence-corrected chi connectivity index (χ0v) is 15.3. The van der Waals surface area contributed by atoms with Crippen molar-refractivity contribution in [1.82, 2.24) is 9.80 Å². The third-order valence-corrected chi connectivity index (χ3v) is 5.45. The quantitative estimate of drug-likeness (QED) is 0.692. The Bertz CT molecular complexity index is 506. The Labute approximate surface area is 144 Å². The molecule has 0 aromatic heterocycles. The van der Waals surface area contributed by atoms with E-state index in [0.29, 0.717) is 12.4 Å². The summed E-state index contributed by atoms with van der Waals surface area (Å²) < 4.78 is 5.59. The van der Waals surface area contributed by atoms with Crippen LogP contribution in [0, 0.1) is 0 Å². The van der Waals surface area contributed by atoms with Gasteiger partial charge in [-0.2, -0.15) is 0 Å². The summed E-state index contributed by atoms with van der Waals surface area (Å²) in [7, 11) is 0. The monoisotopic (exact) mass is 336 g/mol. The molecule has 1 amide bonds. The van der Waals surface area contributed by atoms with E-state index in [1.165, 1.54) is 0 Å². The molecule has 1 heterocycles. The first-order valence-electron chi connectivity index (χ1n) is 8.55. The molecule has 1 aliphatic rings. The maximum Gasteiger partial charge on any atom is 0.233 e. The number of ether oxygens (including phenoxy) is 1. The van der Waals surface area contributed by atoms with Crippen molar-refractivity contribution >= 4 is 17.7 Å². The van der Waals surface area contributed by atoms with Gasteiger partial charge in [0.1, 0.15) is 11.1 Å². The molecule has 1 unspecified atom stereocenters. The molecule has 0 bridgehead atoms. The number of carbonyl (C=O) groups excluding carboxylic acids is 1. The molecule has 4 nitrogen and oxygen atoms in total. The molecule has 1 aromatic carbocycles. The van der Waals surface area contributed by atoms with Crippen LogP contribution in [0.1, 0.15) is 38.1 Å². The average molecular weight is 337 g/mol. The summed E-state index contributed by atoms with van der Waals surface area (Å²) in [5.74, 6) is 1.71. The molecule has 1 aliphatic heterocycles. The van der Waals surface area contributed by atoms with Crippen molar-refractivity contribution in [3.8, 4) is 5.75 Å². The fraction of sp³-hybridized carbons (Fsp3) is 0.611. The van der Waals surface area contributed by atoms with Crippen LogP contribution in [0.25, 0.3) is 0 Å². The Hall–Kier alpha value is -1.20. The first kappa shape index (κ1) is 18.1. The van der Waals surface area contributed by atoms with E-state index in [1.807, 2.05) is 24.0 Å². The maximum absolute atomic E-state index is 12.2. The van der Waals surface area contributed by atoms with Gasteiger partial charge in [-0.15, -0.1) is 11.8 Å². The lowest BCUT2D eigenvalue weighted by molar-refractivity contribution is -0.128. The standard InChI is InChI=1S/C18H28N2O2S/c1-4-19(5-2)11-8-12-20-17(21)14-23-18(20)15-9-7-10-16(13-15)22-6-3/h7,9-10,13,18H,4-6,8,11-12,14H2,1-3H3. The van der Waals surface area contributed by atoms with E-state index >= 15 is 0 Å². The molecule has 0 N–H and O–H groups in total. The molecule has 0 radical (unpaired) electrons. The lowest BCUT2D eigenvalue weighted by atomic mass is 10.2. The van der Waals surface area contributed by atoms with E-state index in [0.717, 1.165) is 43.9 Å². The van der Waals surface area contributed by atoms with Crippen LogP contribution >= 0.6 is 11.8 Å². The second-order valence-electron chi connectivity index (χ2n) is 5.64. The highest BCUT2D eigenvalue weighted by atomic mass is 32.2. The van der Waals surface area contributed by atoms with E-state index in [-0.39, 0.29) is 11.3 Å². The molecule has 1 fully saturated rings. The van der Waals surface area contributed by atoms with Crippen LogP contribution in [0.5, 0.6) is 5.75 Å². The summed E-state index contributed by atoms with van der Waals surface area (Å²) in [4.78, 5) is 16.7. The van der Waals surface area contributed by atoms with Gasteiger partial charge in [0.25, 0.3) is 0 Å². The summed E-state index contributed by atoms with van der Waals surface area (Å²) in [6.07, 6.45) is 1.02. The van der Waals surface area contributed by atoms with Crippen molar-refractivity contribution < 1.29 is 9.53 Å². The van der Waals surface area contributed by atoms with Crippen LogP contribution < -0.4 is 4.74 Å². The number of rotatable bonds is 9. The molecule has 2 rings (SSSR count). The Morgan fingerprint density at radius 1 is 1.30 bits per heavy atom. The summed E-state index contributed by atoms with van der Waals surface area (Å²) in [5, 5.41) is 0.125. The SMILES string of the molecule is CCOc1cccc(C2SCC(=O)N2CCCN(CC)CC)c1. The maximum atomic E-state index is 12.2. The first-order valence-corrected chi connectivity index (χ1v) is 9.60. The van der Waals surface area contributed by atoms with Gasteiger partial charge in [0.15, 0.2) is 0 Å². The molecule has 1 atom stereocenters. The van der Waals surface area contributed by atoms with Gasteiger partial charge in [-0.05, 0) is 50.7 Å². The largest absolute Gasteiger partial charge is 0.494 e. The highest BCUT2D eigenvalue weighted by Crippen LogP contribution is 2.39. The number of hydrogen-bond donors (Lipinski definition) is 0. The smallest absolute Gasteiger partial charge is 0.233 e. The van der Waals surface area contributed by atoms with Crippen molar-refractivity contribution in [3.63, 3.8) is 0 Å². The van der Waals surface area contributed by atoms with Crippen molar-refractivity contribution in [2.24, 2.45) is 0 Å². The topological polar surface area (TPSA) is 32.8 Å². The molecule has 1 saturated heterocycles. The lowest BCUT2D eigenvalue weighted by Gasteiger charge is -2.26. The molecule has 0 saturated carbocycles. The minimum atomic E-state index is 0.125. The average Bonchev–Trinajstić information content (AvgIpc) is 2.93. The summed E-state index contributed by atoms with van der Waals surface area (Å²) in [6, 6.07) is 8.14. The molecule has 1 aromatic rings. The zero-order chi connectivity index (χ0) is 16.7. The van der Waals surface area contributed by atoms with E-state index in [9.17, 15) is 4.79 Å². The van der Waals surface area contributed by atoms with Crippen LogP contribution in [0.4, 0.5) is 0 Å². The summed E-state index contributed by atoms with van der Waals surface area (Å²) in [5.41, 5.74) is 1.16. The van der Waals surface area contributed by atoms with Crippen molar-refractivity contribution in [3.05, 3.63) is 29.8 Å². The Kier molecular flexibility index (Phi) is 7.24. The van der Waals surface area contributed by atoms with Crippen molar-refractivity contribution in [2.45, 2.75) is 32.6 Å². The molecule has 5 heteroatoms. The van der Waals surface area contributed by atoms with Crippen LogP contribution in [0.15, 0.2) is 24.3 Å². The minimum absolute atomic E-state index is 0.125. The Morgan fingerprint density at radius 2 is 2.09 bits per heavy atom. The van der Waals surface area contributed by atoms with Gasteiger partial charge in [-0.3, -0.25) is 4.79 Å². The first-order chi connectivity index (χ1) is 11.2. The molecule has 128 valence electrons. The summed E-state index contributed by atoms with van der Waals surface area (Å²) >= 11 is 1.72. The Balaban J connectivity index is 2.00. The van der Waals surface area contributed by atoms with Gasteiger partial charge in [0.2, 0.25) is 5.91 Å². The number of carbonyl (C=O) groups is 1. The van der Waals surface area contributed by atoms with Gasteiger partial charge in [-0.1, -0.05) is 26.0 Å². The Morgan fingerprint density at radius 3 is 2.78 bits per heavy atom. The normalized spacial score (nSPS) is 18.0. The molecule has 0 spiro atoms. The van der Waals surface area contributed by atoms with Gasteiger partial charge in [-0.25, -0.2) is 0 Å². The highest BCUT2D eigenvalue weighted by Gasteiger charge is 2.32. The van der Waals surface area contributed by atoms with Crippen LogP contribution in [0.3, 0.4) is 0 Å². The van der Waals surface area contributed by atoms with Crippen LogP contribution in [-0.4, -0.2) is 54.2 Å². The fourth-order valence-electron chi connectivity index (χ4n) is 2.90. The zero-order valence-electron chi connectivity index (χ0n) is 14.5. The third-order valence-electron chi connectivity index (χ3n) is 4.19.